The van der Waals surface area contributed by atoms with Gasteiger partial charge in [-0.1, -0.05) is 20.8 Å². The number of benzene rings is 1. The third kappa shape index (κ3) is 2.47. The lowest BCUT2D eigenvalue weighted by molar-refractivity contribution is -0.385. The first-order valence-corrected chi connectivity index (χ1v) is 5.26. The molecule has 0 spiro atoms. The third-order valence-electron chi connectivity index (χ3n) is 2.12. The SMILES string of the molecule is CC(C)(C)c1cc(Br)c(N)cc1[N+](=O)[O-]. The minimum Gasteiger partial charge on any atom is -0.398 e. The van der Waals surface area contributed by atoms with Gasteiger partial charge in [-0.2, -0.15) is 0 Å². The lowest BCUT2D eigenvalue weighted by Crippen LogP contribution is -2.14. The molecular formula is C10H13BrN2O2. The number of nitro benzene ring substituents is 1. The molecule has 0 unspecified atom stereocenters. The average molecular weight is 273 g/mol. The van der Waals surface area contributed by atoms with Crippen molar-refractivity contribution in [2.75, 3.05) is 5.73 Å². The fraction of sp³-hybridized carbons (Fsp3) is 0.400. The molecule has 15 heavy (non-hydrogen) atoms. The van der Waals surface area contributed by atoms with E-state index in [4.69, 9.17) is 5.73 Å². The Morgan fingerprint density at radius 2 is 1.93 bits per heavy atom. The van der Waals surface area contributed by atoms with E-state index in [1.54, 1.807) is 6.07 Å². The lowest BCUT2D eigenvalue weighted by Gasteiger charge is -2.19. The van der Waals surface area contributed by atoms with Crippen molar-refractivity contribution in [1.82, 2.24) is 0 Å². The van der Waals surface area contributed by atoms with Crippen LogP contribution in [0, 0.1) is 10.1 Å². The van der Waals surface area contributed by atoms with Crippen LogP contribution in [-0.4, -0.2) is 4.92 Å². The summed E-state index contributed by atoms with van der Waals surface area (Å²) in [4.78, 5) is 10.5. The first kappa shape index (κ1) is 12.0. The maximum atomic E-state index is 10.9. The third-order valence-corrected chi connectivity index (χ3v) is 2.81. The first-order valence-electron chi connectivity index (χ1n) is 4.47. The molecule has 1 aromatic rings. The molecule has 0 heterocycles. The topological polar surface area (TPSA) is 69.2 Å². The Bertz CT molecular complexity index is 411. The van der Waals surface area contributed by atoms with Crippen molar-refractivity contribution in [1.29, 1.82) is 0 Å². The Morgan fingerprint density at radius 1 is 1.40 bits per heavy atom. The summed E-state index contributed by atoms with van der Waals surface area (Å²) in [7, 11) is 0. The zero-order valence-corrected chi connectivity index (χ0v) is 10.5. The molecule has 0 saturated carbocycles. The number of hydrogen-bond donors (Lipinski definition) is 1. The molecule has 0 bridgehead atoms. The van der Waals surface area contributed by atoms with Gasteiger partial charge in [-0.05, 0) is 27.4 Å². The van der Waals surface area contributed by atoms with Gasteiger partial charge >= 0.3 is 0 Å². The quantitative estimate of drug-likeness (QED) is 0.485. The fourth-order valence-corrected chi connectivity index (χ4v) is 1.67. The molecule has 0 aliphatic rings. The average Bonchev–Trinajstić information content (AvgIpc) is 2.06. The molecule has 4 nitrogen and oxygen atoms in total. The summed E-state index contributed by atoms with van der Waals surface area (Å²) in [6, 6.07) is 3.11. The Kier molecular flexibility index (Phi) is 3.04. The molecule has 0 aliphatic carbocycles. The van der Waals surface area contributed by atoms with Crippen LogP contribution in [0.1, 0.15) is 26.3 Å². The van der Waals surface area contributed by atoms with Gasteiger partial charge in [-0.25, -0.2) is 0 Å². The molecule has 5 heteroatoms. The van der Waals surface area contributed by atoms with Crippen molar-refractivity contribution in [3.8, 4) is 0 Å². The van der Waals surface area contributed by atoms with E-state index in [-0.39, 0.29) is 11.1 Å². The standard InChI is InChI=1S/C10H13BrN2O2/c1-10(2,3)6-4-7(11)8(12)5-9(6)13(14)15/h4-5H,12H2,1-3H3. The summed E-state index contributed by atoms with van der Waals surface area (Å²) in [5.74, 6) is 0. The fourth-order valence-electron chi connectivity index (χ4n) is 1.33. The minimum atomic E-state index is -0.399. The van der Waals surface area contributed by atoms with Gasteiger partial charge in [0.25, 0.3) is 5.69 Å². The highest BCUT2D eigenvalue weighted by molar-refractivity contribution is 9.10. The number of hydrogen-bond acceptors (Lipinski definition) is 3. The van der Waals surface area contributed by atoms with E-state index in [0.29, 0.717) is 15.7 Å². The van der Waals surface area contributed by atoms with Gasteiger partial charge in [0.1, 0.15) is 0 Å². The van der Waals surface area contributed by atoms with Crippen LogP contribution in [0.4, 0.5) is 11.4 Å². The molecule has 82 valence electrons. The van der Waals surface area contributed by atoms with Crippen LogP contribution in [0.5, 0.6) is 0 Å². The second-order valence-corrected chi connectivity index (χ2v) is 5.25. The molecule has 0 radical (unpaired) electrons. The zero-order valence-electron chi connectivity index (χ0n) is 8.87. The molecule has 0 fully saturated rings. The molecule has 0 saturated heterocycles. The predicted molar refractivity (Wildman–Crippen MR) is 63.9 cm³/mol. The number of halogens is 1. The molecule has 0 aromatic heterocycles. The number of rotatable bonds is 1. The summed E-state index contributed by atoms with van der Waals surface area (Å²) in [6.07, 6.45) is 0. The van der Waals surface area contributed by atoms with Gasteiger partial charge in [0.2, 0.25) is 0 Å². The van der Waals surface area contributed by atoms with E-state index < -0.39 is 4.92 Å². The number of nitrogens with two attached hydrogens (primary N) is 1. The highest BCUT2D eigenvalue weighted by Gasteiger charge is 2.25. The Balaban J connectivity index is 3.49. The van der Waals surface area contributed by atoms with Crippen LogP contribution in [0.2, 0.25) is 0 Å². The maximum Gasteiger partial charge on any atom is 0.275 e. The molecule has 1 aromatic carbocycles. The maximum absolute atomic E-state index is 10.9. The monoisotopic (exact) mass is 272 g/mol. The molecular weight excluding hydrogens is 260 g/mol. The van der Waals surface area contributed by atoms with Crippen LogP contribution in [0.3, 0.4) is 0 Å². The number of nitrogen functional groups attached to an aromatic ring is 1. The molecule has 0 atom stereocenters. The first-order chi connectivity index (χ1) is 6.73. The van der Waals surface area contributed by atoms with Crippen molar-refractivity contribution >= 4 is 27.3 Å². The van der Waals surface area contributed by atoms with Crippen LogP contribution in [0.15, 0.2) is 16.6 Å². The van der Waals surface area contributed by atoms with Crippen LogP contribution in [-0.2, 0) is 5.41 Å². The van der Waals surface area contributed by atoms with E-state index in [1.165, 1.54) is 6.07 Å². The normalized spacial score (nSPS) is 11.5. The molecule has 1 rings (SSSR count). The summed E-state index contributed by atoms with van der Waals surface area (Å²) < 4.78 is 0.693. The van der Waals surface area contributed by atoms with E-state index in [9.17, 15) is 10.1 Å². The summed E-state index contributed by atoms with van der Waals surface area (Å²) in [6.45, 7) is 5.79. The molecule has 2 N–H and O–H groups in total. The summed E-state index contributed by atoms with van der Waals surface area (Å²) in [5, 5.41) is 10.9. The van der Waals surface area contributed by atoms with E-state index in [1.807, 2.05) is 20.8 Å². The van der Waals surface area contributed by atoms with Gasteiger partial charge < -0.3 is 5.73 Å². The van der Waals surface area contributed by atoms with Crippen molar-refractivity contribution in [2.45, 2.75) is 26.2 Å². The van der Waals surface area contributed by atoms with Gasteiger partial charge in [0, 0.05) is 16.1 Å². The van der Waals surface area contributed by atoms with Crippen molar-refractivity contribution in [3.05, 3.63) is 32.3 Å². The van der Waals surface area contributed by atoms with Gasteiger partial charge in [-0.3, -0.25) is 10.1 Å². The lowest BCUT2D eigenvalue weighted by atomic mass is 9.86. The second-order valence-electron chi connectivity index (χ2n) is 4.40. The largest absolute Gasteiger partial charge is 0.398 e. The summed E-state index contributed by atoms with van der Waals surface area (Å²) >= 11 is 3.27. The summed E-state index contributed by atoms with van der Waals surface area (Å²) in [5.41, 5.74) is 6.47. The van der Waals surface area contributed by atoms with Crippen LogP contribution >= 0.6 is 15.9 Å². The number of anilines is 1. The molecule has 0 amide bonds. The second kappa shape index (κ2) is 3.81. The number of nitro groups is 1. The van der Waals surface area contributed by atoms with Gasteiger partial charge in [0.05, 0.1) is 10.6 Å². The van der Waals surface area contributed by atoms with Crippen molar-refractivity contribution < 1.29 is 4.92 Å². The Labute approximate surface area is 96.8 Å². The smallest absolute Gasteiger partial charge is 0.275 e. The van der Waals surface area contributed by atoms with Crippen molar-refractivity contribution in [3.63, 3.8) is 0 Å². The van der Waals surface area contributed by atoms with Crippen LogP contribution in [0.25, 0.3) is 0 Å². The zero-order chi connectivity index (χ0) is 11.8. The number of nitrogens with zero attached hydrogens (tertiary/aromatic N) is 1. The van der Waals surface area contributed by atoms with Gasteiger partial charge in [0.15, 0.2) is 0 Å². The van der Waals surface area contributed by atoms with E-state index in [0.717, 1.165) is 0 Å². The van der Waals surface area contributed by atoms with Crippen molar-refractivity contribution in [2.24, 2.45) is 0 Å². The minimum absolute atomic E-state index is 0.0724. The van der Waals surface area contributed by atoms with Crippen LogP contribution < -0.4 is 5.73 Å². The van der Waals surface area contributed by atoms with E-state index >= 15 is 0 Å². The predicted octanol–water partition coefficient (Wildman–Crippen LogP) is 3.24. The molecule has 0 aliphatic heterocycles. The van der Waals surface area contributed by atoms with E-state index in [2.05, 4.69) is 15.9 Å². The Morgan fingerprint density at radius 3 is 2.33 bits per heavy atom. The van der Waals surface area contributed by atoms with Gasteiger partial charge in [-0.15, -0.1) is 0 Å². The highest BCUT2D eigenvalue weighted by atomic mass is 79.9. The Hall–Kier alpha value is -1.10. The highest BCUT2D eigenvalue weighted by Crippen LogP contribution is 2.36.